The fourth-order valence-corrected chi connectivity index (χ4v) is 6.99. The van der Waals surface area contributed by atoms with Gasteiger partial charge in [-0.25, -0.2) is 0 Å². The van der Waals surface area contributed by atoms with Gasteiger partial charge in [-0.15, -0.1) is 0 Å². The molecule has 0 spiro atoms. The van der Waals surface area contributed by atoms with Gasteiger partial charge >= 0.3 is 15.2 Å². The third-order valence-corrected chi connectivity index (χ3v) is 8.36. The lowest BCUT2D eigenvalue weighted by molar-refractivity contribution is -0.116. The van der Waals surface area contributed by atoms with Crippen LogP contribution in [-0.4, -0.2) is 49.4 Å². The quantitative estimate of drug-likeness (QED) is 0.297. The Hall–Kier alpha value is 0.450. The highest BCUT2D eigenvalue weighted by molar-refractivity contribution is 9.09. The highest BCUT2D eigenvalue weighted by atomic mass is 79.9. The molecule has 0 radical (unpaired) electrons. The van der Waals surface area contributed by atoms with E-state index in [0.29, 0.717) is 0 Å². The maximum Gasteiger partial charge on any atom is 0.334 e. The fourth-order valence-electron chi connectivity index (χ4n) is 2.00. The monoisotopic (exact) mass is 436 g/mol. The first-order chi connectivity index (χ1) is 10.8. The fraction of sp³-hybridized carbons (Fsp3) is 0.923. The van der Waals surface area contributed by atoms with E-state index in [4.69, 9.17) is 18.1 Å². The van der Waals surface area contributed by atoms with E-state index >= 15 is 0 Å². The van der Waals surface area contributed by atoms with Crippen molar-refractivity contribution in [2.75, 3.05) is 37.9 Å². The third-order valence-electron chi connectivity index (χ3n) is 2.76. The molecule has 7 nitrogen and oxygen atoms in total. The van der Waals surface area contributed by atoms with Crippen LogP contribution in [0.3, 0.4) is 0 Å². The van der Waals surface area contributed by atoms with Crippen LogP contribution in [0.15, 0.2) is 0 Å². The Kier molecular flexibility index (Phi) is 12.1. The van der Waals surface area contributed by atoms with Gasteiger partial charge in [0.05, 0.1) is 43.6 Å². The topological polar surface area (TPSA) is 88.1 Å². The Labute approximate surface area is 147 Å². The molecule has 0 aromatic rings. The molecule has 0 saturated heterocycles. The minimum Gasteiger partial charge on any atom is -0.309 e. The van der Waals surface area contributed by atoms with E-state index in [2.05, 4.69) is 15.9 Å². The van der Waals surface area contributed by atoms with Crippen LogP contribution in [0.25, 0.3) is 0 Å². The van der Waals surface area contributed by atoms with Gasteiger partial charge in [-0.05, 0) is 27.7 Å². The molecule has 138 valence electrons. The van der Waals surface area contributed by atoms with E-state index in [1.165, 1.54) is 0 Å². The SMILES string of the molecule is CCOP(=O)(CC(CC(=O)CBr)P(=O)(OCC)OCC)OCC. The first kappa shape index (κ1) is 23.4. The number of carbonyl (C=O) groups excluding carboxylic acids is 1. The zero-order valence-corrected chi connectivity index (χ0v) is 17.5. The molecule has 23 heavy (non-hydrogen) atoms. The summed E-state index contributed by atoms with van der Waals surface area (Å²) >= 11 is 3.08. The molecule has 0 aliphatic carbocycles. The van der Waals surface area contributed by atoms with E-state index in [1.807, 2.05) is 0 Å². The van der Waals surface area contributed by atoms with Gasteiger partial charge in [-0.3, -0.25) is 13.9 Å². The van der Waals surface area contributed by atoms with Crippen molar-refractivity contribution < 1.29 is 32.0 Å². The summed E-state index contributed by atoms with van der Waals surface area (Å²) in [6.07, 6.45) is -0.280. The van der Waals surface area contributed by atoms with Crippen LogP contribution in [0.2, 0.25) is 0 Å². The number of halogens is 1. The molecule has 0 N–H and O–H groups in total. The van der Waals surface area contributed by atoms with Gasteiger partial charge < -0.3 is 18.1 Å². The van der Waals surface area contributed by atoms with Crippen LogP contribution in [0.4, 0.5) is 0 Å². The molecule has 1 atom stereocenters. The van der Waals surface area contributed by atoms with Gasteiger partial charge in [0.25, 0.3) is 0 Å². The summed E-state index contributed by atoms with van der Waals surface area (Å²) in [4.78, 5) is 11.8. The number of hydrogen-bond acceptors (Lipinski definition) is 7. The molecule has 0 aliphatic rings. The lowest BCUT2D eigenvalue weighted by Gasteiger charge is -2.28. The van der Waals surface area contributed by atoms with Gasteiger partial charge in [0, 0.05) is 6.42 Å². The Balaban J connectivity index is 5.52. The minimum atomic E-state index is -3.61. The van der Waals surface area contributed by atoms with E-state index < -0.39 is 20.9 Å². The molecule has 0 rings (SSSR count). The number of Topliss-reactive ketones (excluding diaryl/α,β-unsaturated/α-hetero) is 1. The molecule has 10 heteroatoms. The van der Waals surface area contributed by atoms with Crippen molar-refractivity contribution in [3.05, 3.63) is 0 Å². The first-order valence-electron chi connectivity index (χ1n) is 7.65. The van der Waals surface area contributed by atoms with Crippen molar-refractivity contribution in [3.8, 4) is 0 Å². The third kappa shape index (κ3) is 8.39. The molecule has 0 amide bonds. The van der Waals surface area contributed by atoms with Crippen LogP contribution < -0.4 is 0 Å². The predicted molar refractivity (Wildman–Crippen MR) is 93.8 cm³/mol. The number of alkyl halides is 1. The largest absolute Gasteiger partial charge is 0.334 e. The normalized spacial score (nSPS) is 14.0. The summed E-state index contributed by atoms with van der Waals surface area (Å²) in [5, 5.41) is 0.106. The van der Waals surface area contributed by atoms with E-state index in [0.717, 1.165) is 0 Å². The lowest BCUT2D eigenvalue weighted by atomic mass is 10.2. The van der Waals surface area contributed by atoms with Crippen LogP contribution >= 0.6 is 31.1 Å². The average molecular weight is 437 g/mol. The van der Waals surface area contributed by atoms with Crippen LogP contribution in [0, 0.1) is 0 Å². The standard InChI is InChI=1S/C13H27BrO7P2/c1-5-18-22(16,19-6-2)11-13(9-12(15)10-14)23(17,20-7-3)21-8-4/h13H,5-11H2,1-4H3. The summed E-state index contributed by atoms with van der Waals surface area (Å²) in [5.41, 5.74) is -0.878. The average Bonchev–Trinajstić information content (AvgIpc) is 2.47. The van der Waals surface area contributed by atoms with Crippen LogP contribution in [-0.2, 0) is 32.0 Å². The minimum absolute atomic E-state index is 0.0906. The predicted octanol–water partition coefficient (Wildman–Crippen LogP) is 4.24. The molecule has 0 heterocycles. The number of rotatable bonds is 14. The van der Waals surface area contributed by atoms with Crippen molar-refractivity contribution in [2.45, 2.75) is 39.8 Å². The lowest BCUT2D eigenvalue weighted by Crippen LogP contribution is -2.23. The van der Waals surface area contributed by atoms with Crippen molar-refractivity contribution in [1.29, 1.82) is 0 Å². The van der Waals surface area contributed by atoms with Gasteiger partial charge in [0.1, 0.15) is 5.78 Å². The summed E-state index contributed by atoms with van der Waals surface area (Å²) in [6.45, 7) is 7.42. The zero-order chi connectivity index (χ0) is 17.9. The molecule has 0 aromatic heterocycles. The molecular weight excluding hydrogens is 410 g/mol. The summed E-state index contributed by atoms with van der Waals surface area (Å²) in [5.74, 6) is -0.186. The second-order valence-electron chi connectivity index (χ2n) is 4.53. The molecule has 0 aliphatic heterocycles. The van der Waals surface area contributed by atoms with E-state index in [9.17, 15) is 13.9 Å². The molecule has 0 saturated carbocycles. The van der Waals surface area contributed by atoms with Gasteiger partial charge in [-0.1, -0.05) is 15.9 Å². The second-order valence-corrected chi connectivity index (χ2v) is 9.53. The smallest absolute Gasteiger partial charge is 0.309 e. The second kappa shape index (κ2) is 11.9. The number of hydrogen-bond donors (Lipinski definition) is 0. The number of ketones is 1. The molecule has 1 unspecified atom stereocenters. The number of carbonyl (C=O) groups is 1. The van der Waals surface area contributed by atoms with Crippen molar-refractivity contribution in [2.24, 2.45) is 0 Å². The summed E-state index contributed by atoms with van der Waals surface area (Å²) < 4.78 is 46.9. The first-order valence-corrected chi connectivity index (χ1v) is 12.1. The molecule has 0 fully saturated rings. The van der Waals surface area contributed by atoms with Gasteiger partial charge in [0.2, 0.25) is 0 Å². The summed E-state index contributed by atoms with van der Waals surface area (Å²) in [6, 6.07) is 0. The van der Waals surface area contributed by atoms with Crippen LogP contribution in [0.5, 0.6) is 0 Å². The molecule has 0 bridgehead atoms. The summed E-state index contributed by atoms with van der Waals surface area (Å²) in [7, 11) is -7.10. The Morgan fingerprint density at radius 3 is 1.70 bits per heavy atom. The molecular formula is C13H27BrO7P2. The highest BCUT2D eigenvalue weighted by Gasteiger charge is 2.42. The maximum absolute atomic E-state index is 13.0. The zero-order valence-electron chi connectivity index (χ0n) is 14.2. The Morgan fingerprint density at radius 2 is 1.35 bits per heavy atom. The van der Waals surface area contributed by atoms with Crippen molar-refractivity contribution >= 4 is 36.9 Å². The Morgan fingerprint density at radius 1 is 0.913 bits per heavy atom. The van der Waals surface area contributed by atoms with E-state index in [1.54, 1.807) is 27.7 Å². The maximum atomic E-state index is 13.0. The highest BCUT2D eigenvalue weighted by Crippen LogP contribution is 2.60. The van der Waals surface area contributed by atoms with Crippen LogP contribution in [0.1, 0.15) is 34.1 Å². The molecule has 0 aromatic carbocycles. The van der Waals surface area contributed by atoms with Gasteiger partial charge in [0.15, 0.2) is 0 Å². The Bertz CT molecular complexity index is 424. The van der Waals surface area contributed by atoms with Crippen molar-refractivity contribution in [3.63, 3.8) is 0 Å². The van der Waals surface area contributed by atoms with Crippen molar-refractivity contribution in [1.82, 2.24) is 0 Å². The van der Waals surface area contributed by atoms with E-state index in [-0.39, 0.29) is 50.1 Å². The van der Waals surface area contributed by atoms with Gasteiger partial charge in [-0.2, -0.15) is 0 Å².